The number of rotatable bonds is 6. The van der Waals surface area contributed by atoms with Gasteiger partial charge in [0.15, 0.2) is 0 Å². The quantitative estimate of drug-likeness (QED) is 0.679. The molecular formula is C19H22N4O. The van der Waals surface area contributed by atoms with E-state index in [-0.39, 0.29) is 0 Å². The van der Waals surface area contributed by atoms with Crippen LogP contribution in [-0.4, -0.2) is 9.97 Å². The van der Waals surface area contributed by atoms with Crippen LogP contribution in [0.25, 0.3) is 0 Å². The molecule has 0 bridgehead atoms. The van der Waals surface area contributed by atoms with Gasteiger partial charge in [-0.05, 0) is 42.7 Å². The molecule has 0 fully saturated rings. The highest BCUT2D eigenvalue weighted by Crippen LogP contribution is 2.20. The zero-order valence-corrected chi connectivity index (χ0v) is 14.2. The normalized spacial score (nSPS) is 10.8. The van der Waals surface area contributed by atoms with Crippen molar-refractivity contribution in [1.29, 1.82) is 0 Å². The van der Waals surface area contributed by atoms with E-state index in [1.807, 2.05) is 25.1 Å². The van der Waals surface area contributed by atoms with Gasteiger partial charge >= 0.3 is 0 Å². The number of nitrogens with zero attached hydrogens (tertiary/aromatic N) is 2. The van der Waals surface area contributed by atoms with Gasteiger partial charge in [0, 0.05) is 17.4 Å². The maximum Gasteiger partial charge on any atom is 0.229 e. The van der Waals surface area contributed by atoms with Crippen LogP contribution < -0.4 is 10.6 Å². The van der Waals surface area contributed by atoms with Crippen LogP contribution >= 0.6 is 0 Å². The number of hydrogen-bond acceptors (Lipinski definition) is 5. The van der Waals surface area contributed by atoms with Gasteiger partial charge in [-0.1, -0.05) is 26.0 Å². The lowest BCUT2D eigenvalue weighted by atomic mass is 10.0. The van der Waals surface area contributed by atoms with E-state index in [2.05, 4.69) is 58.7 Å². The van der Waals surface area contributed by atoms with Gasteiger partial charge in [-0.15, -0.1) is 0 Å². The second kappa shape index (κ2) is 7.17. The van der Waals surface area contributed by atoms with Gasteiger partial charge in [0.25, 0.3) is 0 Å². The van der Waals surface area contributed by atoms with Gasteiger partial charge in [-0.2, -0.15) is 4.98 Å². The fraction of sp³-hybridized carbons (Fsp3) is 0.263. The van der Waals surface area contributed by atoms with Crippen LogP contribution in [0.3, 0.4) is 0 Å². The topological polar surface area (TPSA) is 63.0 Å². The number of anilines is 3. The number of benzene rings is 1. The van der Waals surface area contributed by atoms with E-state index in [1.165, 1.54) is 5.56 Å². The first-order chi connectivity index (χ1) is 11.6. The molecule has 24 heavy (non-hydrogen) atoms. The molecule has 124 valence electrons. The van der Waals surface area contributed by atoms with Crippen molar-refractivity contribution in [2.24, 2.45) is 0 Å². The maximum absolute atomic E-state index is 5.32. The number of aromatic nitrogens is 2. The molecule has 0 amide bonds. The molecular weight excluding hydrogens is 300 g/mol. The maximum atomic E-state index is 5.32. The minimum absolute atomic E-state index is 0.520. The van der Waals surface area contributed by atoms with Crippen molar-refractivity contribution in [3.8, 4) is 0 Å². The average Bonchev–Trinajstić information content (AvgIpc) is 3.06. The molecule has 0 atom stereocenters. The second-order valence-corrected chi connectivity index (χ2v) is 6.05. The Morgan fingerprint density at radius 3 is 2.54 bits per heavy atom. The summed E-state index contributed by atoms with van der Waals surface area (Å²) >= 11 is 0. The summed E-state index contributed by atoms with van der Waals surface area (Å²) in [4.78, 5) is 8.96. The average molecular weight is 322 g/mol. The molecule has 3 rings (SSSR count). The van der Waals surface area contributed by atoms with Crippen LogP contribution in [0.2, 0.25) is 0 Å². The molecule has 0 spiro atoms. The second-order valence-electron chi connectivity index (χ2n) is 6.05. The summed E-state index contributed by atoms with van der Waals surface area (Å²) in [5.74, 6) is 2.73. The van der Waals surface area contributed by atoms with E-state index in [4.69, 9.17) is 4.42 Å². The van der Waals surface area contributed by atoms with Crippen molar-refractivity contribution in [3.05, 3.63) is 65.7 Å². The fourth-order valence-electron chi connectivity index (χ4n) is 2.39. The highest BCUT2D eigenvalue weighted by atomic mass is 16.3. The van der Waals surface area contributed by atoms with Crippen molar-refractivity contribution in [2.45, 2.75) is 33.2 Å². The van der Waals surface area contributed by atoms with E-state index in [0.29, 0.717) is 18.4 Å². The van der Waals surface area contributed by atoms with E-state index in [1.54, 1.807) is 6.26 Å². The zero-order chi connectivity index (χ0) is 16.9. The Morgan fingerprint density at radius 2 is 1.88 bits per heavy atom. The van der Waals surface area contributed by atoms with Gasteiger partial charge in [0.05, 0.1) is 12.8 Å². The fourth-order valence-corrected chi connectivity index (χ4v) is 2.39. The predicted octanol–water partition coefficient (Wildman–Crippen LogP) is 4.86. The summed E-state index contributed by atoms with van der Waals surface area (Å²) in [7, 11) is 0. The molecule has 2 aromatic heterocycles. The third-order valence-electron chi connectivity index (χ3n) is 3.71. The van der Waals surface area contributed by atoms with Crippen LogP contribution in [0, 0.1) is 6.92 Å². The molecule has 0 aliphatic heterocycles. The van der Waals surface area contributed by atoms with Crippen molar-refractivity contribution in [3.63, 3.8) is 0 Å². The molecule has 0 aliphatic rings. The van der Waals surface area contributed by atoms with Gasteiger partial charge in [-0.25, -0.2) is 4.98 Å². The Morgan fingerprint density at radius 1 is 1.08 bits per heavy atom. The Bertz CT molecular complexity index is 780. The molecule has 0 saturated carbocycles. The standard InChI is InChI=1S/C19H22N4O/c1-13(2)15-6-8-16(9-7-15)22-19-21-14(3)11-18(23-19)20-12-17-5-4-10-24-17/h4-11,13H,12H2,1-3H3,(H2,20,21,22,23). The number of furan rings is 1. The summed E-state index contributed by atoms with van der Waals surface area (Å²) < 4.78 is 5.32. The predicted molar refractivity (Wildman–Crippen MR) is 96.6 cm³/mol. The monoisotopic (exact) mass is 322 g/mol. The molecule has 0 unspecified atom stereocenters. The lowest BCUT2D eigenvalue weighted by Gasteiger charge is -2.10. The van der Waals surface area contributed by atoms with Crippen molar-refractivity contribution in [1.82, 2.24) is 9.97 Å². The molecule has 2 N–H and O–H groups in total. The molecule has 5 nitrogen and oxygen atoms in total. The van der Waals surface area contributed by atoms with Crippen molar-refractivity contribution in [2.75, 3.05) is 10.6 Å². The summed E-state index contributed by atoms with van der Waals surface area (Å²) in [6, 6.07) is 14.1. The third kappa shape index (κ3) is 4.13. The van der Waals surface area contributed by atoms with Crippen LogP contribution in [-0.2, 0) is 6.54 Å². The van der Waals surface area contributed by atoms with Crippen LogP contribution in [0.15, 0.2) is 53.1 Å². The molecule has 0 saturated heterocycles. The van der Waals surface area contributed by atoms with Crippen molar-refractivity contribution < 1.29 is 4.42 Å². The summed E-state index contributed by atoms with van der Waals surface area (Å²) in [6.45, 7) is 6.91. The van der Waals surface area contributed by atoms with Crippen LogP contribution in [0.4, 0.5) is 17.5 Å². The highest BCUT2D eigenvalue weighted by molar-refractivity contribution is 5.55. The highest BCUT2D eigenvalue weighted by Gasteiger charge is 2.05. The Balaban J connectivity index is 1.71. The van der Waals surface area contributed by atoms with Crippen LogP contribution in [0.5, 0.6) is 0 Å². The Kier molecular flexibility index (Phi) is 4.79. The summed E-state index contributed by atoms with van der Waals surface area (Å²) in [6.07, 6.45) is 1.66. The lowest BCUT2D eigenvalue weighted by molar-refractivity contribution is 0.518. The Labute approximate surface area is 142 Å². The first-order valence-corrected chi connectivity index (χ1v) is 8.09. The molecule has 0 radical (unpaired) electrons. The zero-order valence-electron chi connectivity index (χ0n) is 14.2. The summed E-state index contributed by atoms with van der Waals surface area (Å²) in [5.41, 5.74) is 3.18. The van der Waals surface area contributed by atoms with E-state index < -0.39 is 0 Å². The first-order valence-electron chi connectivity index (χ1n) is 8.09. The molecule has 3 aromatic rings. The van der Waals surface area contributed by atoms with E-state index in [9.17, 15) is 0 Å². The van der Waals surface area contributed by atoms with Crippen molar-refractivity contribution >= 4 is 17.5 Å². The van der Waals surface area contributed by atoms with E-state index >= 15 is 0 Å². The molecule has 0 aliphatic carbocycles. The lowest BCUT2D eigenvalue weighted by Crippen LogP contribution is -2.05. The summed E-state index contributed by atoms with van der Waals surface area (Å²) in [5, 5.41) is 6.51. The Hall–Kier alpha value is -2.82. The smallest absolute Gasteiger partial charge is 0.229 e. The van der Waals surface area contributed by atoms with E-state index in [0.717, 1.165) is 23.0 Å². The minimum Gasteiger partial charge on any atom is -0.467 e. The largest absolute Gasteiger partial charge is 0.467 e. The minimum atomic E-state index is 0.520. The molecule has 1 aromatic carbocycles. The number of hydrogen-bond donors (Lipinski definition) is 2. The number of aryl methyl sites for hydroxylation is 1. The van der Waals surface area contributed by atoms with Gasteiger partial charge < -0.3 is 15.1 Å². The van der Waals surface area contributed by atoms with Gasteiger partial charge in [-0.3, -0.25) is 0 Å². The van der Waals surface area contributed by atoms with Crippen LogP contribution in [0.1, 0.15) is 36.8 Å². The van der Waals surface area contributed by atoms with Gasteiger partial charge in [0.1, 0.15) is 11.6 Å². The first kappa shape index (κ1) is 16.1. The number of nitrogens with one attached hydrogen (secondary N) is 2. The SMILES string of the molecule is Cc1cc(NCc2ccco2)nc(Nc2ccc(C(C)C)cc2)n1. The molecule has 2 heterocycles. The molecule has 5 heteroatoms. The van der Waals surface area contributed by atoms with Gasteiger partial charge in [0.2, 0.25) is 5.95 Å². The third-order valence-corrected chi connectivity index (χ3v) is 3.71.